The van der Waals surface area contributed by atoms with E-state index in [2.05, 4.69) is 15.4 Å². The van der Waals surface area contributed by atoms with Crippen molar-refractivity contribution in [1.29, 1.82) is 0 Å². The van der Waals surface area contributed by atoms with Crippen molar-refractivity contribution < 1.29 is 18.0 Å². The molecule has 0 atom stereocenters. The highest BCUT2D eigenvalue weighted by atomic mass is 32.1. The molecular weight excluding hydrogens is 413 g/mol. The van der Waals surface area contributed by atoms with Crippen LogP contribution < -0.4 is 5.32 Å². The molecule has 0 aliphatic heterocycles. The number of rotatable bonds is 3. The van der Waals surface area contributed by atoms with E-state index in [0.717, 1.165) is 26.7 Å². The molecule has 1 amide bonds. The Hall–Kier alpha value is -3.20. The fourth-order valence-corrected chi connectivity index (χ4v) is 4.40. The Morgan fingerprint density at radius 2 is 1.83 bits per heavy atom. The van der Waals surface area contributed by atoms with Crippen LogP contribution in [0.15, 0.2) is 42.6 Å². The van der Waals surface area contributed by atoms with Gasteiger partial charge in [0.15, 0.2) is 10.8 Å². The van der Waals surface area contributed by atoms with Gasteiger partial charge in [-0.1, -0.05) is 35.6 Å². The molecule has 1 N–H and O–H groups in total. The molecular formula is C21H17F3N4OS. The summed E-state index contributed by atoms with van der Waals surface area (Å²) in [7, 11) is 0. The maximum absolute atomic E-state index is 13.9. The van der Waals surface area contributed by atoms with Crippen LogP contribution in [0.5, 0.6) is 0 Å². The summed E-state index contributed by atoms with van der Waals surface area (Å²) in [5, 5.41) is 6.60. The number of fused-ring (bicyclic) bond motifs is 1. The number of thiazole rings is 1. The van der Waals surface area contributed by atoms with Gasteiger partial charge in [0.05, 0.1) is 27.7 Å². The minimum atomic E-state index is -4.77. The van der Waals surface area contributed by atoms with Gasteiger partial charge >= 0.3 is 6.18 Å². The molecule has 2 aromatic heterocycles. The van der Waals surface area contributed by atoms with Crippen molar-refractivity contribution in [2.45, 2.75) is 26.9 Å². The second-order valence-corrected chi connectivity index (χ2v) is 8.04. The van der Waals surface area contributed by atoms with Crippen molar-refractivity contribution in [3.63, 3.8) is 0 Å². The fourth-order valence-electron chi connectivity index (χ4n) is 3.36. The van der Waals surface area contributed by atoms with Crippen molar-refractivity contribution in [1.82, 2.24) is 14.8 Å². The van der Waals surface area contributed by atoms with E-state index < -0.39 is 23.3 Å². The van der Waals surface area contributed by atoms with E-state index in [0.29, 0.717) is 11.1 Å². The van der Waals surface area contributed by atoms with Gasteiger partial charge in [0.1, 0.15) is 0 Å². The molecule has 2 heterocycles. The van der Waals surface area contributed by atoms with Gasteiger partial charge in [0, 0.05) is 0 Å². The lowest BCUT2D eigenvalue weighted by molar-refractivity contribution is -0.143. The SMILES string of the molecule is Cc1cc(C)c2nc(NC(=O)c3cnn(-c4ccccc4C)c3C(F)(F)F)sc2c1. The molecule has 4 rings (SSSR count). The first kappa shape index (κ1) is 20.1. The quantitative estimate of drug-likeness (QED) is 0.455. The van der Waals surface area contributed by atoms with Gasteiger partial charge in [-0.05, 0) is 49.6 Å². The van der Waals surface area contributed by atoms with Crippen LogP contribution in [0, 0.1) is 20.8 Å². The Kier molecular flexibility index (Phi) is 4.85. The van der Waals surface area contributed by atoms with Crippen LogP contribution in [0.4, 0.5) is 18.3 Å². The molecule has 0 aliphatic carbocycles. The third-order valence-corrected chi connectivity index (χ3v) is 5.59. The van der Waals surface area contributed by atoms with Crippen LogP contribution >= 0.6 is 11.3 Å². The lowest BCUT2D eigenvalue weighted by Gasteiger charge is -2.14. The molecule has 5 nitrogen and oxygen atoms in total. The zero-order chi connectivity index (χ0) is 21.6. The summed E-state index contributed by atoms with van der Waals surface area (Å²) in [4.78, 5) is 17.1. The number of carbonyl (C=O) groups is 1. The maximum atomic E-state index is 13.9. The van der Waals surface area contributed by atoms with Crippen molar-refractivity contribution in [3.05, 3.63) is 70.5 Å². The van der Waals surface area contributed by atoms with E-state index >= 15 is 0 Å². The molecule has 2 aromatic carbocycles. The smallest absolute Gasteiger partial charge is 0.298 e. The number of amides is 1. The minimum Gasteiger partial charge on any atom is -0.298 e. The first-order valence-corrected chi connectivity index (χ1v) is 9.87. The maximum Gasteiger partial charge on any atom is 0.434 e. The first-order chi connectivity index (χ1) is 14.1. The molecule has 154 valence electrons. The summed E-state index contributed by atoms with van der Waals surface area (Å²) in [5.74, 6) is -0.907. The Balaban J connectivity index is 1.75. The van der Waals surface area contributed by atoms with Crippen LogP contribution in [0.2, 0.25) is 0 Å². The highest BCUT2D eigenvalue weighted by molar-refractivity contribution is 7.22. The molecule has 0 spiro atoms. The third-order valence-electron chi connectivity index (χ3n) is 4.68. The van der Waals surface area contributed by atoms with Crippen LogP contribution in [0.25, 0.3) is 15.9 Å². The fraction of sp³-hybridized carbons (Fsp3) is 0.190. The number of hydrogen-bond acceptors (Lipinski definition) is 4. The van der Waals surface area contributed by atoms with E-state index in [1.807, 2.05) is 26.0 Å². The van der Waals surface area contributed by atoms with Gasteiger partial charge < -0.3 is 0 Å². The van der Waals surface area contributed by atoms with E-state index in [9.17, 15) is 18.0 Å². The molecule has 0 aliphatic rings. The second kappa shape index (κ2) is 7.24. The Morgan fingerprint density at radius 1 is 1.10 bits per heavy atom. The Morgan fingerprint density at radius 3 is 2.53 bits per heavy atom. The van der Waals surface area contributed by atoms with Crippen molar-refractivity contribution in [3.8, 4) is 5.69 Å². The summed E-state index contributed by atoms with van der Waals surface area (Å²) in [6.45, 7) is 5.52. The van der Waals surface area contributed by atoms with E-state index in [1.54, 1.807) is 25.1 Å². The minimum absolute atomic E-state index is 0.237. The summed E-state index contributed by atoms with van der Waals surface area (Å²) in [6, 6.07) is 10.4. The molecule has 30 heavy (non-hydrogen) atoms. The van der Waals surface area contributed by atoms with Gasteiger partial charge in [-0.25, -0.2) is 9.67 Å². The molecule has 9 heteroatoms. The zero-order valence-electron chi connectivity index (χ0n) is 16.3. The summed E-state index contributed by atoms with van der Waals surface area (Å²) >= 11 is 1.22. The van der Waals surface area contributed by atoms with E-state index in [4.69, 9.17) is 0 Å². The zero-order valence-corrected chi connectivity index (χ0v) is 17.1. The number of aryl methyl sites for hydroxylation is 3. The molecule has 0 unspecified atom stereocenters. The normalized spacial score (nSPS) is 11.8. The first-order valence-electron chi connectivity index (χ1n) is 9.05. The van der Waals surface area contributed by atoms with E-state index in [1.165, 1.54) is 17.4 Å². The average Bonchev–Trinajstić information content (AvgIpc) is 3.26. The van der Waals surface area contributed by atoms with Crippen LogP contribution in [-0.2, 0) is 6.18 Å². The molecule has 0 bridgehead atoms. The third kappa shape index (κ3) is 3.56. The number of benzene rings is 2. The number of alkyl halides is 3. The van der Waals surface area contributed by atoms with Crippen molar-refractivity contribution in [2.75, 3.05) is 5.32 Å². The molecule has 0 saturated carbocycles. The van der Waals surface area contributed by atoms with Gasteiger partial charge in [-0.2, -0.15) is 18.3 Å². The highest BCUT2D eigenvalue weighted by Crippen LogP contribution is 2.35. The predicted octanol–water partition coefficient (Wildman–Crippen LogP) is 5.68. The standard InChI is InChI=1S/C21H17F3N4OS/c1-11-8-13(3)17-16(9-11)30-20(26-17)27-19(29)14-10-25-28(18(14)21(22,23)24)15-7-5-4-6-12(15)2/h4-10H,1-3H3,(H,26,27,29). The number of hydrogen-bond donors (Lipinski definition) is 1. The van der Waals surface area contributed by atoms with Crippen LogP contribution in [0.3, 0.4) is 0 Å². The lowest BCUT2D eigenvalue weighted by atomic mass is 10.1. The summed E-state index contributed by atoms with van der Waals surface area (Å²) < 4.78 is 43.2. The number of para-hydroxylation sites is 1. The van der Waals surface area contributed by atoms with Gasteiger partial charge in [-0.15, -0.1) is 0 Å². The number of anilines is 1. The van der Waals surface area contributed by atoms with Crippen LogP contribution in [0.1, 0.15) is 32.7 Å². The van der Waals surface area contributed by atoms with Gasteiger partial charge in [-0.3, -0.25) is 10.1 Å². The van der Waals surface area contributed by atoms with Crippen LogP contribution in [-0.4, -0.2) is 20.7 Å². The van der Waals surface area contributed by atoms with Crippen molar-refractivity contribution in [2.24, 2.45) is 0 Å². The summed E-state index contributed by atoms with van der Waals surface area (Å²) in [6.07, 6.45) is -3.83. The monoisotopic (exact) mass is 430 g/mol. The number of nitrogens with one attached hydrogen (secondary N) is 1. The number of halogens is 3. The molecule has 0 saturated heterocycles. The highest BCUT2D eigenvalue weighted by Gasteiger charge is 2.41. The van der Waals surface area contributed by atoms with Gasteiger partial charge in [0.2, 0.25) is 0 Å². The van der Waals surface area contributed by atoms with E-state index in [-0.39, 0.29) is 10.8 Å². The van der Waals surface area contributed by atoms with Crippen molar-refractivity contribution >= 4 is 32.6 Å². The predicted molar refractivity (Wildman–Crippen MR) is 110 cm³/mol. The Labute approximate surface area is 174 Å². The topological polar surface area (TPSA) is 59.8 Å². The second-order valence-electron chi connectivity index (χ2n) is 7.00. The molecule has 0 fully saturated rings. The molecule has 4 aromatic rings. The summed E-state index contributed by atoms with van der Waals surface area (Å²) in [5.41, 5.74) is 1.88. The number of aromatic nitrogens is 3. The largest absolute Gasteiger partial charge is 0.434 e. The van der Waals surface area contributed by atoms with Gasteiger partial charge in [0.25, 0.3) is 5.91 Å². The number of carbonyl (C=O) groups excluding carboxylic acids is 1. The number of nitrogens with zero attached hydrogens (tertiary/aromatic N) is 3. The average molecular weight is 430 g/mol. The molecule has 0 radical (unpaired) electrons. The Bertz CT molecular complexity index is 1270. The lowest BCUT2D eigenvalue weighted by Crippen LogP contribution is -2.21.